The molecule has 0 aromatic heterocycles. The predicted octanol–water partition coefficient (Wildman–Crippen LogP) is 4.97. The molecular weight excluding hydrogens is 288 g/mol. The Bertz CT molecular complexity index is 547. The molecule has 2 aromatic carbocycles. The molecular formula is C12H7Cl2F3O. The van der Waals surface area contributed by atoms with Gasteiger partial charge in [0.15, 0.2) is 23.2 Å². The van der Waals surface area contributed by atoms with E-state index in [0.717, 1.165) is 0 Å². The molecule has 0 aliphatic carbocycles. The Hall–Kier alpha value is -1.39. The fourth-order valence-electron chi connectivity index (χ4n) is 1.24. The van der Waals surface area contributed by atoms with E-state index >= 15 is 0 Å². The van der Waals surface area contributed by atoms with Crippen molar-refractivity contribution in [3.05, 3.63) is 58.9 Å². The summed E-state index contributed by atoms with van der Waals surface area (Å²) in [6.07, 6.45) is 0. The van der Waals surface area contributed by atoms with Crippen LogP contribution in [-0.2, 0) is 0 Å². The molecule has 0 aliphatic rings. The van der Waals surface area contributed by atoms with Gasteiger partial charge in [-0.25, -0.2) is 13.2 Å². The Balaban J connectivity index is 0.00000162. The Morgan fingerprint density at radius 2 is 1.56 bits per heavy atom. The van der Waals surface area contributed by atoms with Crippen molar-refractivity contribution >= 4 is 24.0 Å². The molecule has 0 atom stereocenters. The van der Waals surface area contributed by atoms with Gasteiger partial charge in [0.05, 0.1) is 0 Å². The lowest BCUT2D eigenvalue weighted by Gasteiger charge is -2.08. The van der Waals surface area contributed by atoms with E-state index in [1.165, 1.54) is 0 Å². The second-order valence-electron chi connectivity index (χ2n) is 3.21. The number of hydrogen-bond donors (Lipinski definition) is 0. The zero-order valence-electron chi connectivity index (χ0n) is 8.79. The van der Waals surface area contributed by atoms with Gasteiger partial charge in [0, 0.05) is 6.07 Å². The maximum Gasteiger partial charge on any atom is 0.196 e. The molecule has 0 bridgehead atoms. The average molecular weight is 295 g/mol. The molecule has 0 N–H and O–H groups in total. The van der Waals surface area contributed by atoms with Crippen LogP contribution in [0.25, 0.3) is 0 Å². The monoisotopic (exact) mass is 294 g/mol. The van der Waals surface area contributed by atoms with E-state index in [1.807, 2.05) is 0 Å². The number of hydrogen-bond acceptors (Lipinski definition) is 1. The number of rotatable bonds is 2. The lowest BCUT2D eigenvalue weighted by Crippen LogP contribution is -1.95. The van der Waals surface area contributed by atoms with Gasteiger partial charge in [0.2, 0.25) is 0 Å². The second kappa shape index (κ2) is 5.98. The Morgan fingerprint density at radius 3 is 2.17 bits per heavy atom. The van der Waals surface area contributed by atoms with Gasteiger partial charge in [-0.3, -0.25) is 0 Å². The number of halogens is 5. The SMILES string of the molecule is Cl.Fc1cc(Oc2ccccc2)c(Cl)c(F)c1F. The van der Waals surface area contributed by atoms with Crippen molar-refractivity contribution in [1.82, 2.24) is 0 Å². The third kappa shape index (κ3) is 2.89. The molecule has 1 nitrogen and oxygen atoms in total. The number of benzene rings is 2. The van der Waals surface area contributed by atoms with Crippen molar-refractivity contribution in [2.75, 3.05) is 0 Å². The Kier molecular flexibility index (Phi) is 4.87. The number of para-hydroxylation sites is 1. The molecule has 0 aliphatic heterocycles. The van der Waals surface area contributed by atoms with E-state index in [-0.39, 0.29) is 18.2 Å². The van der Waals surface area contributed by atoms with Gasteiger partial charge in [0.1, 0.15) is 10.8 Å². The topological polar surface area (TPSA) is 9.23 Å². The summed E-state index contributed by atoms with van der Waals surface area (Å²) in [5, 5.41) is -0.590. The van der Waals surface area contributed by atoms with Crippen LogP contribution in [0.2, 0.25) is 5.02 Å². The Labute approximate surface area is 113 Å². The van der Waals surface area contributed by atoms with Gasteiger partial charge in [0.25, 0.3) is 0 Å². The summed E-state index contributed by atoms with van der Waals surface area (Å²) < 4.78 is 44.1. The largest absolute Gasteiger partial charge is 0.456 e. The van der Waals surface area contributed by atoms with Crippen LogP contribution in [0.3, 0.4) is 0 Å². The Morgan fingerprint density at radius 1 is 0.944 bits per heavy atom. The summed E-state index contributed by atoms with van der Waals surface area (Å²) in [6, 6.07) is 8.97. The van der Waals surface area contributed by atoms with Crippen LogP contribution in [-0.4, -0.2) is 0 Å². The molecule has 0 heterocycles. The molecule has 0 amide bonds. The highest BCUT2D eigenvalue weighted by Crippen LogP contribution is 2.33. The standard InChI is InChI=1S/C12H6ClF3O.ClH/c13-10-9(6-8(14)11(15)12(10)16)17-7-4-2-1-3-5-7;/h1-6H;1H. The molecule has 0 saturated carbocycles. The van der Waals surface area contributed by atoms with Crippen molar-refractivity contribution in [2.24, 2.45) is 0 Å². The number of ether oxygens (including phenoxy) is 1. The van der Waals surface area contributed by atoms with E-state index in [2.05, 4.69) is 0 Å². The van der Waals surface area contributed by atoms with Crippen LogP contribution in [0.15, 0.2) is 36.4 Å². The molecule has 2 rings (SSSR count). The summed E-state index contributed by atoms with van der Waals surface area (Å²) in [4.78, 5) is 0. The average Bonchev–Trinajstić information content (AvgIpc) is 2.35. The van der Waals surface area contributed by atoms with Gasteiger partial charge in [-0.1, -0.05) is 29.8 Å². The zero-order valence-corrected chi connectivity index (χ0v) is 10.4. The molecule has 18 heavy (non-hydrogen) atoms. The molecule has 0 unspecified atom stereocenters. The maximum atomic E-state index is 13.1. The fraction of sp³-hybridized carbons (Fsp3) is 0. The van der Waals surface area contributed by atoms with Crippen LogP contribution in [0.4, 0.5) is 13.2 Å². The molecule has 96 valence electrons. The minimum Gasteiger partial charge on any atom is -0.456 e. The quantitative estimate of drug-likeness (QED) is 0.561. The summed E-state index contributed by atoms with van der Waals surface area (Å²) in [7, 11) is 0. The normalized spacial score (nSPS) is 9.78. The first-order chi connectivity index (χ1) is 8.09. The lowest BCUT2D eigenvalue weighted by atomic mass is 10.3. The maximum absolute atomic E-state index is 13.1. The van der Waals surface area contributed by atoms with Crippen molar-refractivity contribution in [3.63, 3.8) is 0 Å². The van der Waals surface area contributed by atoms with Crippen molar-refractivity contribution in [1.29, 1.82) is 0 Å². The first kappa shape index (κ1) is 14.7. The van der Waals surface area contributed by atoms with E-state index in [0.29, 0.717) is 11.8 Å². The van der Waals surface area contributed by atoms with Crippen molar-refractivity contribution in [3.8, 4) is 11.5 Å². The highest BCUT2D eigenvalue weighted by molar-refractivity contribution is 6.32. The lowest BCUT2D eigenvalue weighted by molar-refractivity contribution is 0.424. The zero-order chi connectivity index (χ0) is 12.4. The van der Waals surface area contributed by atoms with Crippen molar-refractivity contribution < 1.29 is 17.9 Å². The van der Waals surface area contributed by atoms with Gasteiger partial charge in [-0.15, -0.1) is 12.4 Å². The van der Waals surface area contributed by atoms with E-state index in [4.69, 9.17) is 16.3 Å². The van der Waals surface area contributed by atoms with E-state index in [9.17, 15) is 13.2 Å². The van der Waals surface area contributed by atoms with Gasteiger partial charge in [-0.05, 0) is 12.1 Å². The van der Waals surface area contributed by atoms with Crippen LogP contribution in [0.5, 0.6) is 11.5 Å². The smallest absolute Gasteiger partial charge is 0.196 e. The summed E-state index contributed by atoms with van der Waals surface area (Å²) in [5.41, 5.74) is 0. The van der Waals surface area contributed by atoms with Gasteiger partial charge in [-0.2, -0.15) is 0 Å². The summed E-state index contributed by atoms with van der Waals surface area (Å²) in [6.45, 7) is 0. The van der Waals surface area contributed by atoms with Crippen LogP contribution < -0.4 is 4.74 Å². The molecule has 0 saturated heterocycles. The summed E-state index contributed by atoms with van der Waals surface area (Å²) in [5.74, 6) is -4.35. The van der Waals surface area contributed by atoms with Crippen molar-refractivity contribution in [2.45, 2.75) is 0 Å². The second-order valence-corrected chi connectivity index (χ2v) is 3.59. The highest BCUT2D eigenvalue weighted by Gasteiger charge is 2.18. The van der Waals surface area contributed by atoms with Crippen LogP contribution in [0.1, 0.15) is 0 Å². The third-order valence-electron chi connectivity index (χ3n) is 2.04. The first-order valence-corrected chi connectivity index (χ1v) is 5.03. The first-order valence-electron chi connectivity index (χ1n) is 4.65. The minimum atomic E-state index is -1.62. The van der Waals surface area contributed by atoms with Gasteiger partial charge < -0.3 is 4.74 Å². The van der Waals surface area contributed by atoms with E-state index in [1.54, 1.807) is 30.3 Å². The summed E-state index contributed by atoms with van der Waals surface area (Å²) >= 11 is 5.51. The molecule has 0 radical (unpaired) electrons. The molecule has 2 aromatic rings. The molecule has 0 fully saturated rings. The fourth-order valence-corrected chi connectivity index (χ4v) is 1.42. The van der Waals surface area contributed by atoms with Gasteiger partial charge >= 0.3 is 0 Å². The molecule has 0 spiro atoms. The third-order valence-corrected chi connectivity index (χ3v) is 2.39. The van der Waals surface area contributed by atoms with Crippen LogP contribution >= 0.6 is 24.0 Å². The van der Waals surface area contributed by atoms with E-state index < -0.39 is 22.5 Å². The van der Waals surface area contributed by atoms with Crippen LogP contribution in [0, 0.1) is 17.5 Å². The minimum absolute atomic E-state index is 0. The predicted molar refractivity (Wildman–Crippen MR) is 65.1 cm³/mol. The molecule has 6 heteroatoms. The highest BCUT2D eigenvalue weighted by atomic mass is 35.5.